The molecule has 0 aliphatic rings. The number of hydrogen-bond donors (Lipinski definition) is 2. The summed E-state index contributed by atoms with van der Waals surface area (Å²) in [5, 5.41) is 0. The van der Waals surface area contributed by atoms with Crippen molar-refractivity contribution in [1.82, 2.24) is 4.72 Å². The van der Waals surface area contributed by atoms with Crippen LogP contribution < -0.4 is 15.2 Å². The Morgan fingerprint density at radius 3 is 2.55 bits per heavy atom. The van der Waals surface area contributed by atoms with E-state index < -0.39 is 10.0 Å². The van der Waals surface area contributed by atoms with Crippen molar-refractivity contribution >= 4 is 15.7 Å². The molecule has 2 atom stereocenters. The third kappa shape index (κ3) is 5.38. The zero-order chi connectivity index (χ0) is 15.2. The summed E-state index contributed by atoms with van der Waals surface area (Å²) < 4.78 is 31.9. The largest absolute Gasteiger partial charge is 0.490 e. The molecular formula is C14H24N2O3S. The van der Waals surface area contributed by atoms with Gasteiger partial charge in [-0.25, -0.2) is 13.1 Å². The molecule has 0 radical (unpaired) electrons. The van der Waals surface area contributed by atoms with Crippen molar-refractivity contribution in [3.8, 4) is 5.75 Å². The molecule has 0 fully saturated rings. The molecule has 0 aliphatic heterocycles. The molecule has 0 saturated heterocycles. The lowest BCUT2D eigenvalue weighted by molar-refractivity contribution is 0.341. The van der Waals surface area contributed by atoms with Crippen molar-refractivity contribution in [3.63, 3.8) is 0 Å². The first-order valence-corrected chi connectivity index (χ1v) is 8.48. The van der Waals surface area contributed by atoms with Crippen LogP contribution in [0.15, 0.2) is 24.3 Å². The van der Waals surface area contributed by atoms with Crippen molar-refractivity contribution in [2.24, 2.45) is 5.92 Å². The summed E-state index contributed by atoms with van der Waals surface area (Å²) in [5.74, 6) is 0.732. The maximum absolute atomic E-state index is 11.9. The molecule has 0 heterocycles. The SMILES string of the molecule is CCC(C)C(C)NS(=O)(=O)CCOc1ccccc1N. The van der Waals surface area contributed by atoms with Gasteiger partial charge in [-0.15, -0.1) is 0 Å². The summed E-state index contributed by atoms with van der Waals surface area (Å²) in [5.41, 5.74) is 6.22. The fourth-order valence-electron chi connectivity index (χ4n) is 1.69. The van der Waals surface area contributed by atoms with Crippen LogP contribution in [-0.4, -0.2) is 26.8 Å². The highest BCUT2D eigenvalue weighted by molar-refractivity contribution is 7.89. The first kappa shape index (κ1) is 16.8. The van der Waals surface area contributed by atoms with E-state index in [1.807, 2.05) is 20.8 Å². The minimum absolute atomic E-state index is 0.0770. The van der Waals surface area contributed by atoms with Crippen LogP contribution in [0, 0.1) is 5.92 Å². The second-order valence-electron chi connectivity index (χ2n) is 5.00. The number of rotatable bonds is 8. The lowest BCUT2D eigenvalue weighted by Gasteiger charge is -2.19. The Balaban J connectivity index is 2.46. The lowest BCUT2D eigenvalue weighted by Crippen LogP contribution is -2.39. The topological polar surface area (TPSA) is 81.4 Å². The van der Waals surface area contributed by atoms with Gasteiger partial charge in [-0.05, 0) is 25.0 Å². The monoisotopic (exact) mass is 300 g/mol. The quantitative estimate of drug-likeness (QED) is 0.720. The Kier molecular flexibility index (Phi) is 6.29. The number of nitrogen functional groups attached to an aromatic ring is 1. The molecule has 1 aromatic rings. The predicted molar refractivity (Wildman–Crippen MR) is 82.2 cm³/mol. The van der Waals surface area contributed by atoms with Gasteiger partial charge in [0.1, 0.15) is 12.4 Å². The molecule has 0 bridgehead atoms. The number of hydrogen-bond acceptors (Lipinski definition) is 4. The van der Waals surface area contributed by atoms with Gasteiger partial charge in [-0.3, -0.25) is 0 Å². The van der Waals surface area contributed by atoms with Gasteiger partial charge in [0.25, 0.3) is 0 Å². The maximum atomic E-state index is 11.9. The van der Waals surface area contributed by atoms with Crippen molar-refractivity contribution < 1.29 is 13.2 Å². The zero-order valence-electron chi connectivity index (χ0n) is 12.3. The van der Waals surface area contributed by atoms with Crippen molar-refractivity contribution in [2.45, 2.75) is 33.2 Å². The average molecular weight is 300 g/mol. The van der Waals surface area contributed by atoms with Crippen LogP contribution in [0.3, 0.4) is 0 Å². The summed E-state index contributed by atoms with van der Waals surface area (Å²) in [6.07, 6.45) is 0.931. The number of benzene rings is 1. The van der Waals surface area contributed by atoms with Gasteiger partial charge in [0, 0.05) is 6.04 Å². The summed E-state index contributed by atoms with van der Waals surface area (Å²) >= 11 is 0. The van der Waals surface area contributed by atoms with Gasteiger partial charge in [-0.1, -0.05) is 32.4 Å². The van der Waals surface area contributed by atoms with Crippen molar-refractivity contribution in [2.75, 3.05) is 18.1 Å². The normalized spacial score (nSPS) is 14.8. The highest BCUT2D eigenvalue weighted by Gasteiger charge is 2.18. The Labute approximate surface area is 121 Å². The second kappa shape index (κ2) is 7.50. The summed E-state index contributed by atoms with van der Waals surface area (Å²) in [4.78, 5) is 0. The van der Waals surface area contributed by atoms with E-state index in [2.05, 4.69) is 4.72 Å². The van der Waals surface area contributed by atoms with Crippen LogP contribution in [0.1, 0.15) is 27.2 Å². The molecule has 114 valence electrons. The van der Waals surface area contributed by atoms with E-state index in [0.717, 1.165) is 6.42 Å². The van der Waals surface area contributed by atoms with Crippen LogP contribution in [0.25, 0.3) is 0 Å². The molecule has 1 rings (SSSR count). The molecule has 5 nitrogen and oxygen atoms in total. The van der Waals surface area contributed by atoms with Gasteiger partial charge < -0.3 is 10.5 Å². The van der Waals surface area contributed by atoms with E-state index in [1.54, 1.807) is 24.3 Å². The number of anilines is 1. The molecule has 3 N–H and O–H groups in total. The second-order valence-corrected chi connectivity index (χ2v) is 6.87. The Morgan fingerprint density at radius 2 is 1.95 bits per heavy atom. The zero-order valence-corrected chi connectivity index (χ0v) is 13.1. The average Bonchev–Trinajstić information content (AvgIpc) is 2.39. The molecule has 20 heavy (non-hydrogen) atoms. The first-order valence-electron chi connectivity index (χ1n) is 6.83. The third-order valence-corrected chi connectivity index (χ3v) is 4.83. The van der Waals surface area contributed by atoms with Crippen LogP contribution >= 0.6 is 0 Å². The van der Waals surface area contributed by atoms with Gasteiger partial charge in [0.05, 0.1) is 11.4 Å². The molecule has 0 amide bonds. The molecule has 0 saturated carbocycles. The van der Waals surface area contributed by atoms with Crippen LogP contribution in [-0.2, 0) is 10.0 Å². The van der Waals surface area contributed by atoms with Gasteiger partial charge >= 0.3 is 0 Å². The highest BCUT2D eigenvalue weighted by Crippen LogP contribution is 2.19. The maximum Gasteiger partial charge on any atom is 0.215 e. The molecule has 1 aromatic carbocycles. The number of sulfonamides is 1. The van der Waals surface area contributed by atoms with E-state index in [1.165, 1.54) is 0 Å². The highest BCUT2D eigenvalue weighted by atomic mass is 32.2. The summed E-state index contributed by atoms with van der Waals surface area (Å²) in [6.45, 7) is 6.02. The van der Waals surface area contributed by atoms with E-state index >= 15 is 0 Å². The van der Waals surface area contributed by atoms with Crippen LogP contribution in [0.2, 0.25) is 0 Å². The van der Waals surface area contributed by atoms with Gasteiger partial charge in [-0.2, -0.15) is 0 Å². The van der Waals surface area contributed by atoms with Crippen molar-refractivity contribution in [1.29, 1.82) is 0 Å². The first-order chi connectivity index (χ1) is 9.35. The van der Waals surface area contributed by atoms with Gasteiger partial charge in [0.15, 0.2) is 0 Å². The van der Waals surface area contributed by atoms with E-state index in [0.29, 0.717) is 17.4 Å². The standard InChI is InChI=1S/C14H24N2O3S/c1-4-11(2)12(3)16-20(17,18)10-9-19-14-8-6-5-7-13(14)15/h5-8,11-12,16H,4,9-10,15H2,1-3H3. The molecule has 0 aromatic heterocycles. The summed E-state index contributed by atoms with van der Waals surface area (Å²) in [6, 6.07) is 6.95. The minimum atomic E-state index is -3.33. The number of para-hydroxylation sites is 2. The van der Waals surface area contributed by atoms with Crippen LogP contribution in [0.4, 0.5) is 5.69 Å². The third-order valence-electron chi connectivity index (χ3n) is 3.39. The molecule has 0 spiro atoms. The smallest absolute Gasteiger partial charge is 0.215 e. The van der Waals surface area contributed by atoms with E-state index in [4.69, 9.17) is 10.5 Å². The fourth-order valence-corrected chi connectivity index (χ4v) is 2.90. The lowest BCUT2D eigenvalue weighted by atomic mass is 10.0. The van der Waals surface area contributed by atoms with Gasteiger partial charge in [0.2, 0.25) is 10.0 Å². The van der Waals surface area contributed by atoms with Crippen LogP contribution in [0.5, 0.6) is 5.75 Å². The number of nitrogens with one attached hydrogen (secondary N) is 1. The Hall–Kier alpha value is -1.27. The van der Waals surface area contributed by atoms with Crippen molar-refractivity contribution in [3.05, 3.63) is 24.3 Å². The molecular weight excluding hydrogens is 276 g/mol. The fraction of sp³-hybridized carbons (Fsp3) is 0.571. The number of nitrogens with two attached hydrogens (primary N) is 1. The Bertz CT molecular complexity index is 517. The van der Waals surface area contributed by atoms with E-state index in [9.17, 15) is 8.42 Å². The summed E-state index contributed by atoms with van der Waals surface area (Å²) in [7, 11) is -3.33. The number of ether oxygens (including phenoxy) is 1. The molecule has 2 unspecified atom stereocenters. The Morgan fingerprint density at radius 1 is 1.30 bits per heavy atom. The molecule has 0 aliphatic carbocycles. The van der Waals surface area contributed by atoms with E-state index in [-0.39, 0.29) is 18.4 Å². The predicted octanol–water partition coefficient (Wildman–Crippen LogP) is 2.00. The molecule has 6 heteroatoms. The minimum Gasteiger partial charge on any atom is -0.490 e.